The third kappa shape index (κ3) is 6.04. The van der Waals surface area contributed by atoms with Crippen LogP contribution in [0.2, 0.25) is 0 Å². The standard InChI is InChI=1S/C23H28FN5O.ClH/c1-13-8-18(24)20(29-22(30)26-7-6-23(3,4)5)10-16(13)17-9-15-12-27-21(25)11-19(15)28-14(17)2;/h8-12H,6-7H2,1-5H3,(H2,25,27)(H2,26,29,30);1H. The van der Waals surface area contributed by atoms with E-state index >= 15 is 0 Å². The molecule has 0 aliphatic carbocycles. The van der Waals surface area contributed by atoms with Crippen molar-refractivity contribution in [3.63, 3.8) is 0 Å². The zero-order chi connectivity index (χ0) is 22.1. The fourth-order valence-electron chi connectivity index (χ4n) is 3.23. The zero-order valence-corrected chi connectivity index (χ0v) is 19.3. The van der Waals surface area contributed by atoms with Crippen LogP contribution in [0.25, 0.3) is 22.0 Å². The second-order valence-electron chi connectivity index (χ2n) is 8.76. The number of nitrogens with zero attached hydrogens (tertiary/aromatic N) is 2. The Morgan fingerprint density at radius 3 is 2.52 bits per heavy atom. The van der Waals surface area contributed by atoms with E-state index in [4.69, 9.17) is 5.73 Å². The summed E-state index contributed by atoms with van der Waals surface area (Å²) in [5.74, 6) is -0.0767. The SMILES string of the molecule is Cc1cc(F)c(NC(=O)NCCC(C)(C)C)cc1-c1cc2cnc(N)cc2nc1C.Cl. The highest BCUT2D eigenvalue weighted by Crippen LogP contribution is 2.32. The molecule has 2 heterocycles. The third-order valence-electron chi connectivity index (χ3n) is 4.92. The Labute approximate surface area is 188 Å². The van der Waals surface area contributed by atoms with E-state index in [2.05, 4.69) is 41.4 Å². The minimum absolute atomic E-state index is 0. The van der Waals surface area contributed by atoms with Gasteiger partial charge in [0.2, 0.25) is 0 Å². The van der Waals surface area contributed by atoms with E-state index in [-0.39, 0.29) is 23.5 Å². The summed E-state index contributed by atoms with van der Waals surface area (Å²) in [7, 11) is 0. The van der Waals surface area contributed by atoms with Crippen LogP contribution in [-0.4, -0.2) is 22.5 Å². The minimum Gasteiger partial charge on any atom is -0.384 e. The van der Waals surface area contributed by atoms with E-state index in [0.29, 0.717) is 12.4 Å². The molecule has 6 nitrogen and oxygen atoms in total. The van der Waals surface area contributed by atoms with Gasteiger partial charge in [-0.1, -0.05) is 20.8 Å². The molecule has 8 heteroatoms. The number of nitrogen functional groups attached to an aromatic ring is 1. The van der Waals surface area contributed by atoms with Gasteiger partial charge < -0.3 is 16.4 Å². The van der Waals surface area contributed by atoms with Gasteiger partial charge in [-0.25, -0.2) is 14.2 Å². The number of carbonyl (C=O) groups is 1. The molecule has 0 radical (unpaired) electrons. The van der Waals surface area contributed by atoms with Crippen LogP contribution < -0.4 is 16.4 Å². The van der Waals surface area contributed by atoms with Gasteiger partial charge in [-0.3, -0.25) is 4.98 Å². The first-order valence-corrected chi connectivity index (χ1v) is 9.92. The van der Waals surface area contributed by atoms with Crippen molar-refractivity contribution in [3.05, 3.63) is 47.5 Å². The summed E-state index contributed by atoms with van der Waals surface area (Å²) in [5.41, 5.74) is 9.91. The predicted octanol–water partition coefficient (Wildman–Crippen LogP) is 5.61. The monoisotopic (exact) mass is 445 g/mol. The first-order chi connectivity index (χ1) is 14.0. The molecule has 3 rings (SSSR count). The highest BCUT2D eigenvalue weighted by molar-refractivity contribution is 5.92. The van der Waals surface area contributed by atoms with E-state index in [0.717, 1.165) is 39.7 Å². The van der Waals surface area contributed by atoms with Crippen molar-refractivity contribution in [2.45, 2.75) is 41.0 Å². The molecule has 2 aromatic heterocycles. The number of nitrogens with one attached hydrogen (secondary N) is 2. The number of halogens is 2. The van der Waals surface area contributed by atoms with Gasteiger partial charge in [0.05, 0.1) is 11.2 Å². The summed E-state index contributed by atoms with van der Waals surface area (Å²) in [5, 5.41) is 6.24. The first-order valence-electron chi connectivity index (χ1n) is 9.92. The second kappa shape index (κ2) is 9.47. The van der Waals surface area contributed by atoms with Gasteiger partial charge in [0.1, 0.15) is 11.6 Å². The summed E-state index contributed by atoms with van der Waals surface area (Å²) in [6, 6.07) is 6.32. The van der Waals surface area contributed by atoms with Gasteiger partial charge >= 0.3 is 6.03 Å². The zero-order valence-electron chi connectivity index (χ0n) is 18.5. The largest absolute Gasteiger partial charge is 0.384 e. The molecule has 0 bridgehead atoms. The number of anilines is 2. The van der Waals surface area contributed by atoms with Gasteiger partial charge in [0, 0.05) is 35.5 Å². The smallest absolute Gasteiger partial charge is 0.319 e. The number of pyridine rings is 2. The van der Waals surface area contributed by atoms with Gasteiger partial charge in [0.25, 0.3) is 0 Å². The number of amides is 2. The number of carbonyl (C=O) groups excluding carboxylic acids is 1. The van der Waals surface area contributed by atoms with Crippen molar-refractivity contribution in [3.8, 4) is 11.1 Å². The molecule has 4 N–H and O–H groups in total. The van der Waals surface area contributed by atoms with E-state index < -0.39 is 11.8 Å². The maximum Gasteiger partial charge on any atom is 0.319 e. The fraction of sp³-hybridized carbons (Fsp3) is 0.348. The molecular weight excluding hydrogens is 417 g/mol. The van der Waals surface area contributed by atoms with Gasteiger partial charge in [-0.15, -0.1) is 12.4 Å². The molecule has 3 aromatic rings. The highest BCUT2D eigenvalue weighted by atomic mass is 35.5. The lowest BCUT2D eigenvalue weighted by atomic mass is 9.92. The van der Waals surface area contributed by atoms with Gasteiger partial charge in [0.15, 0.2) is 0 Å². The average molecular weight is 446 g/mol. The number of urea groups is 1. The maximum atomic E-state index is 14.5. The quantitative estimate of drug-likeness (QED) is 0.486. The van der Waals surface area contributed by atoms with Crippen LogP contribution in [0.4, 0.5) is 20.7 Å². The molecule has 0 atom stereocenters. The van der Waals surface area contributed by atoms with Crippen LogP contribution in [0.15, 0.2) is 30.5 Å². The van der Waals surface area contributed by atoms with Crippen molar-refractivity contribution in [1.29, 1.82) is 0 Å². The van der Waals surface area contributed by atoms with Crippen molar-refractivity contribution in [2.75, 3.05) is 17.6 Å². The molecule has 0 fully saturated rings. The lowest BCUT2D eigenvalue weighted by Crippen LogP contribution is -2.31. The Balaban J connectivity index is 0.00000341. The first kappa shape index (κ1) is 24.3. The minimum atomic E-state index is -0.483. The Bertz CT molecular complexity index is 1110. The molecular formula is C23H29ClFN5O. The normalized spacial score (nSPS) is 11.2. The Morgan fingerprint density at radius 2 is 1.84 bits per heavy atom. The molecule has 0 spiro atoms. The van der Waals surface area contributed by atoms with Crippen LogP contribution in [-0.2, 0) is 0 Å². The van der Waals surface area contributed by atoms with E-state index in [1.807, 2.05) is 19.9 Å². The van der Waals surface area contributed by atoms with Crippen molar-refractivity contribution in [1.82, 2.24) is 15.3 Å². The lowest BCUT2D eigenvalue weighted by molar-refractivity contribution is 0.250. The van der Waals surface area contributed by atoms with Crippen molar-refractivity contribution < 1.29 is 9.18 Å². The number of fused-ring (bicyclic) bond motifs is 1. The van der Waals surface area contributed by atoms with Crippen LogP contribution >= 0.6 is 12.4 Å². The van der Waals surface area contributed by atoms with Crippen LogP contribution in [0, 0.1) is 25.1 Å². The molecule has 0 saturated heterocycles. The summed E-state index contributed by atoms with van der Waals surface area (Å²) >= 11 is 0. The molecule has 1 aromatic carbocycles. The van der Waals surface area contributed by atoms with E-state index in [1.54, 1.807) is 18.3 Å². The number of benzene rings is 1. The molecule has 2 amide bonds. The third-order valence-corrected chi connectivity index (χ3v) is 4.92. The van der Waals surface area contributed by atoms with E-state index in [1.165, 1.54) is 6.07 Å². The van der Waals surface area contributed by atoms with Crippen LogP contribution in [0.1, 0.15) is 38.4 Å². The van der Waals surface area contributed by atoms with E-state index in [9.17, 15) is 9.18 Å². The maximum absolute atomic E-state index is 14.5. The van der Waals surface area contributed by atoms with Gasteiger partial charge in [-0.05, 0) is 55.0 Å². The summed E-state index contributed by atoms with van der Waals surface area (Å²) in [4.78, 5) is 21.0. The molecule has 0 aliphatic heterocycles. The summed E-state index contributed by atoms with van der Waals surface area (Å²) in [6.45, 7) is 10.5. The molecule has 166 valence electrons. The van der Waals surface area contributed by atoms with Crippen molar-refractivity contribution >= 4 is 40.8 Å². The molecule has 31 heavy (non-hydrogen) atoms. The predicted molar refractivity (Wildman–Crippen MR) is 127 cm³/mol. The van der Waals surface area contributed by atoms with Crippen LogP contribution in [0.5, 0.6) is 0 Å². The second-order valence-corrected chi connectivity index (χ2v) is 8.76. The molecule has 0 saturated carbocycles. The number of aryl methyl sites for hydroxylation is 2. The Hall–Kier alpha value is -2.93. The number of nitrogens with two attached hydrogens (primary N) is 1. The summed E-state index contributed by atoms with van der Waals surface area (Å²) < 4.78 is 14.5. The Kier molecular flexibility index (Phi) is 7.44. The highest BCUT2D eigenvalue weighted by Gasteiger charge is 2.15. The number of hydrogen-bond acceptors (Lipinski definition) is 4. The summed E-state index contributed by atoms with van der Waals surface area (Å²) in [6.07, 6.45) is 2.49. The topological polar surface area (TPSA) is 92.9 Å². The Morgan fingerprint density at radius 1 is 1.13 bits per heavy atom. The molecule has 0 unspecified atom stereocenters. The van der Waals surface area contributed by atoms with Gasteiger partial charge in [-0.2, -0.15) is 0 Å². The van der Waals surface area contributed by atoms with Crippen LogP contribution in [0.3, 0.4) is 0 Å². The molecule has 0 aliphatic rings. The fourth-order valence-corrected chi connectivity index (χ4v) is 3.23. The lowest BCUT2D eigenvalue weighted by Gasteiger charge is -2.18. The average Bonchev–Trinajstić information content (AvgIpc) is 2.62. The number of aromatic nitrogens is 2. The number of hydrogen-bond donors (Lipinski definition) is 3. The van der Waals surface area contributed by atoms with Crippen molar-refractivity contribution in [2.24, 2.45) is 5.41 Å². The number of rotatable bonds is 4.